The van der Waals surface area contributed by atoms with Crippen molar-refractivity contribution >= 4 is 34.4 Å². The van der Waals surface area contributed by atoms with Gasteiger partial charge in [0.05, 0.1) is 5.02 Å². The second-order valence-corrected chi connectivity index (χ2v) is 5.76. The van der Waals surface area contributed by atoms with Gasteiger partial charge in [-0.25, -0.2) is 0 Å². The number of carbonyl (C=O) groups is 1. The lowest BCUT2D eigenvalue weighted by Crippen LogP contribution is -2.03. The van der Waals surface area contributed by atoms with Crippen LogP contribution in [0, 0.1) is 13.8 Å². The second-order valence-electron chi connectivity index (χ2n) is 3.90. The summed E-state index contributed by atoms with van der Waals surface area (Å²) in [5.74, 6) is -0.0656. The van der Waals surface area contributed by atoms with Gasteiger partial charge in [-0.05, 0) is 38.1 Å². The predicted octanol–water partition coefficient (Wildman–Crippen LogP) is 3.83. The SMILES string of the molecule is Cc1cc(C(=O)c2cc(N)ccc2Cl)c(C)s1. The van der Waals surface area contributed by atoms with E-state index in [9.17, 15) is 4.79 Å². The lowest BCUT2D eigenvalue weighted by atomic mass is 10.0. The molecule has 2 nitrogen and oxygen atoms in total. The number of hydrogen-bond acceptors (Lipinski definition) is 3. The molecule has 17 heavy (non-hydrogen) atoms. The van der Waals surface area contributed by atoms with Gasteiger partial charge in [-0.15, -0.1) is 11.3 Å². The minimum absolute atomic E-state index is 0.0656. The maximum atomic E-state index is 12.3. The van der Waals surface area contributed by atoms with E-state index in [4.69, 9.17) is 17.3 Å². The van der Waals surface area contributed by atoms with Gasteiger partial charge in [0.25, 0.3) is 0 Å². The molecule has 0 unspecified atom stereocenters. The first-order valence-electron chi connectivity index (χ1n) is 5.16. The van der Waals surface area contributed by atoms with E-state index in [1.54, 1.807) is 29.5 Å². The van der Waals surface area contributed by atoms with Gasteiger partial charge in [-0.3, -0.25) is 4.79 Å². The molecule has 0 amide bonds. The van der Waals surface area contributed by atoms with Crippen LogP contribution in [0.2, 0.25) is 5.02 Å². The Balaban J connectivity index is 2.50. The number of anilines is 1. The van der Waals surface area contributed by atoms with Crippen LogP contribution in [-0.4, -0.2) is 5.78 Å². The summed E-state index contributed by atoms with van der Waals surface area (Å²) in [5, 5.41) is 0.437. The molecule has 4 heteroatoms. The van der Waals surface area contributed by atoms with E-state index in [1.807, 2.05) is 19.9 Å². The van der Waals surface area contributed by atoms with Gasteiger partial charge in [0, 0.05) is 26.6 Å². The van der Waals surface area contributed by atoms with Crippen molar-refractivity contribution in [2.24, 2.45) is 0 Å². The number of aryl methyl sites for hydroxylation is 2. The van der Waals surface area contributed by atoms with Crippen molar-refractivity contribution in [3.05, 3.63) is 50.2 Å². The zero-order valence-electron chi connectivity index (χ0n) is 9.58. The Labute approximate surface area is 109 Å². The third kappa shape index (κ3) is 2.35. The van der Waals surface area contributed by atoms with E-state index in [0.717, 1.165) is 9.75 Å². The summed E-state index contributed by atoms with van der Waals surface area (Å²) in [5.41, 5.74) is 7.40. The Kier molecular flexibility index (Phi) is 3.22. The Morgan fingerprint density at radius 3 is 2.53 bits per heavy atom. The fraction of sp³-hybridized carbons (Fsp3) is 0.154. The molecule has 0 radical (unpaired) electrons. The number of ketones is 1. The number of halogens is 1. The van der Waals surface area contributed by atoms with Crippen LogP contribution < -0.4 is 5.73 Å². The van der Waals surface area contributed by atoms with Crippen molar-refractivity contribution < 1.29 is 4.79 Å². The summed E-state index contributed by atoms with van der Waals surface area (Å²) in [7, 11) is 0. The number of benzene rings is 1. The Hall–Kier alpha value is -1.32. The number of nitrogens with two attached hydrogens (primary N) is 1. The molecular formula is C13H12ClNOS. The van der Waals surface area contributed by atoms with Crippen LogP contribution in [0.15, 0.2) is 24.3 Å². The van der Waals surface area contributed by atoms with Crippen molar-refractivity contribution in [2.45, 2.75) is 13.8 Å². The third-order valence-corrected chi connectivity index (χ3v) is 3.82. The molecule has 0 aliphatic rings. The maximum absolute atomic E-state index is 12.3. The van der Waals surface area contributed by atoms with E-state index in [1.165, 1.54) is 0 Å². The Bertz CT molecular complexity index is 589. The van der Waals surface area contributed by atoms with Crippen molar-refractivity contribution in [1.82, 2.24) is 0 Å². The fourth-order valence-corrected chi connectivity index (χ4v) is 2.84. The van der Waals surface area contributed by atoms with E-state index in [0.29, 0.717) is 21.8 Å². The van der Waals surface area contributed by atoms with Gasteiger partial charge < -0.3 is 5.73 Å². The molecule has 88 valence electrons. The number of rotatable bonds is 2. The summed E-state index contributed by atoms with van der Waals surface area (Å²) >= 11 is 7.63. The topological polar surface area (TPSA) is 43.1 Å². The van der Waals surface area contributed by atoms with Crippen LogP contribution >= 0.6 is 22.9 Å². The summed E-state index contributed by atoms with van der Waals surface area (Å²) < 4.78 is 0. The van der Waals surface area contributed by atoms with Crippen molar-refractivity contribution in [1.29, 1.82) is 0 Å². The van der Waals surface area contributed by atoms with E-state index in [-0.39, 0.29) is 5.78 Å². The first kappa shape index (κ1) is 12.1. The quantitative estimate of drug-likeness (QED) is 0.662. The second kappa shape index (κ2) is 4.51. The molecule has 0 saturated carbocycles. The van der Waals surface area contributed by atoms with Crippen LogP contribution in [0.4, 0.5) is 5.69 Å². The zero-order chi connectivity index (χ0) is 12.6. The largest absolute Gasteiger partial charge is 0.399 e. The predicted molar refractivity (Wildman–Crippen MR) is 73.1 cm³/mol. The normalized spacial score (nSPS) is 10.5. The summed E-state index contributed by atoms with van der Waals surface area (Å²) in [4.78, 5) is 14.4. The van der Waals surface area contributed by atoms with Crippen LogP contribution in [0.5, 0.6) is 0 Å². The lowest BCUT2D eigenvalue weighted by Gasteiger charge is -2.04. The molecule has 0 saturated heterocycles. The molecule has 2 aromatic rings. The number of hydrogen-bond donors (Lipinski definition) is 1. The monoisotopic (exact) mass is 265 g/mol. The molecule has 2 N–H and O–H groups in total. The molecule has 1 heterocycles. The van der Waals surface area contributed by atoms with E-state index < -0.39 is 0 Å². The smallest absolute Gasteiger partial charge is 0.195 e. The summed E-state index contributed by atoms with van der Waals surface area (Å²) in [6.45, 7) is 3.92. The molecular weight excluding hydrogens is 254 g/mol. The minimum Gasteiger partial charge on any atom is -0.399 e. The number of carbonyl (C=O) groups excluding carboxylic acids is 1. The highest BCUT2D eigenvalue weighted by atomic mass is 35.5. The van der Waals surface area contributed by atoms with Crippen LogP contribution in [0.3, 0.4) is 0 Å². The van der Waals surface area contributed by atoms with Gasteiger partial charge in [0.2, 0.25) is 0 Å². The van der Waals surface area contributed by atoms with Gasteiger partial charge in [0.15, 0.2) is 5.78 Å². The first-order chi connectivity index (χ1) is 7.99. The van der Waals surface area contributed by atoms with Gasteiger partial charge >= 0.3 is 0 Å². The minimum atomic E-state index is -0.0656. The lowest BCUT2D eigenvalue weighted by molar-refractivity contribution is 0.103. The molecule has 0 bridgehead atoms. The highest BCUT2D eigenvalue weighted by molar-refractivity contribution is 7.12. The maximum Gasteiger partial charge on any atom is 0.195 e. The molecule has 2 rings (SSSR count). The van der Waals surface area contributed by atoms with Crippen molar-refractivity contribution in [3.63, 3.8) is 0 Å². The van der Waals surface area contributed by atoms with Gasteiger partial charge in [-0.1, -0.05) is 11.6 Å². The highest BCUT2D eigenvalue weighted by Crippen LogP contribution is 2.27. The standard InChI is InChI=1S/C13H12ClNOS/c1-7-5-10(8(2)17-7)13(16)11-6-9(15)3-4-12(11)14/h3-6H,15H2,1-2H3. The third-order valence-electron chi connectivity index (χ3n) is 2.52. The fourth-order valence-electron chi connectivity index (χ4n) is 1.72. The van der Waals surface area contributed by atoms with E-state index >= 15 is 0 Å². The summed E-state index contributed by atoms with van der Waals surface area (Å²) in [6.07, 6.45) is 0. The number of thiophene rings is 1. The van der Waals surface area contributed by atoms with Crippen molar-refractivity contribution in [2.75, 3.05) is 5.73 Å². The zero-order valence-corrected chi connectivity index (χ0v) is 11.2. The van der Waals surface area contributed by atoms with Gasteiger partial charge in [0.1, 0.15) is 0 Å². The average molecular weight is 266 g/mol. The molecule has 1 aromatic carbocycles. The molecule has 0 spiro atoms. The van der Waals surface area contributed by atoms with Crippen LogP contribution in [0.25, 0.3) is 0 Å². The van der Waals surface area contributed by atoms with Crippen LogP contribution in [-0.2, 0) is 0 Å². The van der Waals surface area contributed by atoms with Crippen molar-refractivity contribution in [3.8, 4) is 0 Å². The Morgan fingerprint density at radius 1 is 1.24 bits per heavy atom. The van der Waals surface area contributed by atoms with E-state index in [2.05, 4.69) is 0 Å². The van der Waals surface area contributed by atoms with Crippen LogP contribution in [0.1, 0.15) is 25.7 Å². The Morgan fingerprint density at radius 2 is 1.94 bits per heavy atom. The molecule has 0 aliphatic heterocycles. The molecule has 0 aliphatic carbocycles. The summed E-state index contributed by atoms with van der Waals surface area (Å²) in [6, 6.07) is 6.85. The van der Waals surface area contributed by atoms with Gasteiger partial charge in [-0.2, -0.15) is 0 Å². The molecule has 0 atom stereocenters. The first-order valence-corrected chi connectivity index (χ1v) is 6.35. The highest BCUT2D eigenvalue weighted by Gasteiger charge is 2.17. The molecule has 1 aromatic heterocycles. The average Bonchev–Trinajstić information content (AvgIpc) is 2.60. The number of nitrogen functional groups attached to an aromatic ring is 1. The molecule has 0 fully saturated rings.